The van der Waals surface area contributed by atoms with Crippen LogP contribution in [-0.2, 0) is 4.74 Å². The van der Waals surface area contributed by atoms with Crippen LogP contribution in [0.5, 0.6) is 0 Å². The molecule has 0 unspecified atom stereocenters. The summed E-state index contributed by atoms with van der Waals surface area (Å²) in [5.74, 6) is 0.452. The van der Waals surface area contributed by atoms with E-state index in [0.717, 1.165) is 5.69 Å². The molecule has 0 aromatic carbocycles. The Kier molecular flexibility index (Phi) is 6.97. The minimum absolute atomic E-state index is 0.0300. The summed E-state index contributed by atoms with van der Waals surface area (Å²) in [4.78, 5) is 15.7. The number of hydrogen-bond acceptors (Lipinski definition) is 7. The van der Waals surface area contributed by atoms with E-state index < -0.39 is 11.7 Å². The zero-order valence-electron chi connectivity index (χ0n) is 13.6. The molecule has 8 nitrogen and oxygen atoms in total. The molecule has 3 N–H and O–H groups in total. The number of aryl methyl sites for hydroxylation is 1. The molecule has 0 saturated heterocycles. The van der Waals surface area contributed by atoms with Crippen molar-refractivity contribution < 1.29 is 14.6 Å². The van der Waals surface area contributed by atoms with Crippen LogP contribution in [-0.4, -0.2) is 51.7 Å². The molecule has 1 aromatic heterocycles. The van der Waals surface area contributed by atoms with E-state index in [1.54, 1.807) is 27.0 Å². The number of amides is 1. The fraction of sp³-hybridized carbons (Fsp3) is 0.714. The maximum atomic E-state index is 11.6. The predicted molar refractivity (Wildman–Crippen MR) is 82.5 cm³/mol. The van der Waals surface area contributed by atoms with E-state index in [0.29, 0.717) is 25.5 Å². The zero-order chi connectivity index (χ0) is 16.6. The molecule has 1 atom stereocenters. The highest BCUT2D eigenvalue weighted by Crippen LogP contribution is 2.08. The molecule has 0 bridgehead atoms. The molecule has 1 heterocycles. The third-order valence-corrected chi connectivity index (χ3v) is 2.70. The van der Waals surface area contributed by atoms with Gasteiger partial charge in [0.05, 0.1) is 11.9 Å². The lowest BCUT2D eigenvalue weighted by molar-refractivity contribution is 0.0517. The number of aliphatic hydroxyl groups excluding tert-OH is 1. The van der Waals surface area contributed by atoms with Gasteiger partial charge < -0.3 is 20.5 Å². The number of carbonyl (C=O) groups is 1. The number of aromatic nitrogens is 3. The van der Waals surface area contributed by atoms with E-state index in [4.69, 9.17) is 9.84 Å². The lowest BCUT2D eigenvalue weighted by Crippen LogP contribution is -2.37. The smallest absolute Gasteiger partial charge is 0.407 e. The van der Waals surface area contributed by atoms with Crippen molar-refractivity contribution in [1.29, 1.82) is 0 Å². The fourth-order valence-corrected chi connectivity index (χ4v) is 1.65. The quantitative estimate of drug-likeness (QED) is 0.692. The van der Waals surface area contributed by atoms with Gasteiger partial charge in [0.25, 0.3) is 0 Å². The molecule has 0 fully saturated rings. The van der Waals surface area contributed by atoms with Crippen molar-refractivity contribution in [1.82, 2.24) is 20.5 Å². The Balaban J connectivity index is 2.41. The van der Waals surface area contributed by atoms with Crippen molar-refractivity contribution in [2.45, 2.75) is 39.7 Å². The summed E-state index contributed by atoms with van der Waals surface area (Å²) in [7, 11) is 0. The molecule has 8 heteroatoms. The number of carbonyl (C=O) groups excluding carboxylic acids is 1. The maximum absolute atomic E-state index is 11.6. The highest BCUT2D eigenvalue weighted by molar-refractivity contribution is 5.67. The van der Waals surface area contributed by atoms with E-state index in [9.17, 15) is 4.79 Å². The summed E-state index contributed by atoms with van der Waals surface area (Å²) in [5, 5.41) is 22.7. The van der Waals surface area contributed by atoms with Crippen LogP contribution in [0.3, 0.4) is 0 Å². The van der Waals surface area contributed by atoms with E-state index in [-0.39, 0.29) is 12.5 Å². The van der Waals surface area contributed by atoms with E-state index >= 15 is 0 Å². The summed E-state index contributed by atoms with van der Waals surface area (Å²) in [6.07, 6.45) is 1.70. The zero-order valence-corrected chi connectivity index (χ0v) is 13.6. The Morgan fingerprint density at radius 2 is 2.09 bits per heavy atom. The number of aliphatic hydroxyl groups is 1. The molecule has 0 radical (unpaired) electrons. The molecule has 0 aliphatic rings. The third kappa shape index (κ3) is 7.72. The minimum atomic E-state index is -0.532. The number of hydrogen-bond donors (Lipinski definition) is 3. The molecule has 1 rings (SSSR count). The van der Waals surface area contributed by atoms with Crippen LogP contribution in [0.4, 0.5) is 10.7 Å². The molecule has 0 spiro atoms. The molecule has 124 valence electrons. The Bertz CT molecular complexity index is 459. The van der Waals surface area contributed by atoms with Crippen molar-refractivity contribution in [3.8, 4) is 0 Å². The topological polar surface area (TPSA) is 109 Å². The standard InChI is InChI=1S/C14H25N5O3/c1-10-7-15-12(19-18-10)16-8-11(5-6-20)9-17-13(21)22-14(2,3)4/h7,11,20H,5-6,8-9H2,1-4H3,(H,17,21)(H,15,16,19)/t11-/m1/s1. The van der Waals surface area contributed by atoms with Crippen molar-refractivity contribution in [2.24, 2.45) is 5.92 Å². The Hall–Kier alpha value is -1.96. The summed E-state index contributed by atoms with van der Waals surface area (Å²) in [6.45, 7) is 8.17. The van der Waals surface area contributed by atoms with Crippen LogP contribution in [0, 0.1) is 12.8 Å². The van der Waals surface area contributed by atoms with Crippen LogP contribution in [0.15, 0.2) is 6.20 Å². The van der Waals surface area contributed by atoms with E-state index in [1.807, 2.05) is 6.92 Å². The molecule has 0 aliphatic heterocycles. The number of anilines is 1. The Morgan fingerprint density at radius 3 is 2.64 bits per heavy atom. The lowest BCUT2D eigenvalue weighted by Gasteiger charge is -2.22. The van der Waals surface area contributed by atoms with Gasteiger partial charge in [-0.05, 0) is 40.0 Å². The second kappa shape index (κ2) is 8.47. The number of nitrogens with zero attached hydrogens (tertiary/aromatic N) is 3. The normalized spacial score (nSPS) is 12.6. The second-order valence-electron chi connectivity index (χ2n) is 6.07. The summed E-state index contributed by atoms with van der Waals surface area (Å²) in [5.41, 5.74) is 0.208. The van der Waals surface area contributed by atoms with Gasteiger partial charge in [-0.25, -0.2) is 9.78 Å². The number of rotatable bonds is 7. The highest BCUT2D eigenvalue weighted by atomic mass is 16.6. The number of nitrogens with one attached hydrogen (secondary N) is 2. The van der Waals surface area contributed by atoms with Crippen LogP contribution in [0.2, 0.25) is 0 Å². The van der Waals surface area contributed by atoms with E-state index in [1.165, 1.54) is 0 Å². The van der Waals surface area contributed by atoms with Crippen LogP contribution < -0.4 is 10.6 Å². The molecule has 1 aromatic rings. The molecular weight excluding hydrogens is 286 g/mol. The Labute approximate surface area is 130 Å². The van der Waals surface area contributed by atoms with Gasteiger partial charge in [-0.3, -0.25) is 0 Å². The summed E-state index contributed by atoms with van der Waals surface area (Å²) in [6, 6.07) is 0. The summed E-state index contributed by atoms with van der Waals surface area (Å²) >= 11 is 0. The van der Waals surface area contributed by atoms with Crippen molar-refractivity contribution in [3.05, 3.63) is 11.9 Å². The van der Waals surface area contributed by atoms with Gasteiger partial charge in [0.15, 0.2) is 0 Å². The van der Waals surface area contributed by atoms with Gasteiger partial charge in [0.2, 0.25) is 5.95 Å². The van der Waals surface area contributed by atoms with Gasteiger partial charge in [-0.2, -0.15) is 5.10 Å². The van der Waals surface area contributed by atoms with Crippen LogP contribution in [0.1, 0.15) is 32.9 Å². The predicted octanol–water partition coefficient (Wildman–Crippen LogP) is 1.12. The lowest BCUT2D eigenvalue weighted by atomic mass is 10.1. The van der Waals surface area contributed by atoms with Crippen molar-refractivity contribution >= 4 is 12.0 Å². The third-order valence-electron chi connectivity index (χ3n) is 2.70. The molecule has 1 amide bonds. The molecular formula is C14H25N5O3. The highest BCUT2D eigenvalue weighted by Gasteiger charge is 2.17. The van der Waals surface area contributed by atoms with Crippen molar-refractivity contribution in [3.63, 3.8) is 0 Å². The van der Waals surface area contributed by atoms with E-state index in [2.05, 4.69) is 25.8 Å². The average Bonchev–Trinajstić information content (AvgIpc) is 2.42. The van der Waals surface area contributed by atoms with Crippen molar-refractivity contribution in [2.75, 3.05) is 25.0 Å². The van der Waals surface area contributed by atoms with Crippen LogP contribution in [0.25, 0.3) is 0 Å². The minimum Gasteiger partial charge on any atom is -0.444 e. The first-order valence-electron chi connectivity index (χ1n) is 7.28. The monoisotopic (exact) mass is 311 g/mol. The number of alkyl carbamates (subject to hydrolysis) is 1. The molecule has 0 saturated carbocycles. The fourth-order valence-electron chi connectivity index (χ4n) is 1.65. The first-order valence-corrected chi connectivity index (χ1v) is 7.28. The van der Waals surface area contributed by atoms with Gasteiger partial charge in [0.1, 0.15) is 5.60 Å². The first kappa shape index (κ1) is 18.1. The molecule has 22 heavy (non-hydrogen) atoms. The second-order valence-corrected chi connectivity index (χ2v) is 6.07. The Morgan fingerprint density at radius 1 is 1.36 bits per heavy atom. The SMILES string of the molecule is Cc1cnc(NC[C@@H](CCO)CNC(=O)OC(C)(C)C)nn1. The van der Waals surface area contributed by atoms with Gasteiger partial charge in [-0.15, -0.1) is 5.10 Å². The maximum Gasteiger partial charge on any atom is 0.407 e. The van der Waals surface area contributed by atoms with Gasteiger partial charge in [-0.1, -0.05) is 0 Å². The average molecular weight is 311 g/mol. The molecule has 0 aliphatic carbocycles. The first-order chi connectivity index (χ1) is 10.3. The number of ether oxygens (including phenoxy) is 1. The summed E-state index contributed by atoms with van der Waals surface area (Å²) < 4.78 is 5.17. The van der Waals surface area contributed by atoms with Gasteiger partial charge >= 0.3 is 6.09 Å². The van der Waals surface area contributed by atoms with Gasteiger partial charge in [0, 0.05) is 19.7 Å². The van der Waals surface area contributed by atoms with Crippen LogP contribution >= 0.6 is 0 Å². The largest absolute Gasteiger partial charge is 0.444 e.